The van der Waals surface area contributed by atoms with Crippen molar-refractivity contribution in [3.8, 4) is 5.75 Å². The maximum Gasteiger partial charge on any atom is 0.341 e. The summed E-state index contributed by atoms with van der Waals surface area (Å²) in [5.41, 5.74) is 7.68. The molecule has 1 aromatic carbocycles. The molecule has 2 aliphatic carbocycles. The third kappa shape index (κ3) is 9.26. The standard InChI is InChI=1S/C23H34O5.C4H11N/c1-2-3-4-7-17(24)9-10-18-19-11-15-6-5-8-22(28-14-23(26)27)20(15)12-16(19)13-21(18)25;1-4(2,3)5/h5-6,8,16-19,21,24-25H,2-4,7,9-14H2,1H3,(H,26,27);5H2,1-3H3/t16-,17?,18+,19-,21+;/m0./s1. The highest BCUT2D eigenvalue weighted by atomic mass is 16.5. The van der Waals surface area contributed by atoms with Gasteiger partial charge in [0, 0.05) is 5.54 Å². The first-order chi connectivity index (χ1) is 15.5. The number of aliphatic carboxylic acids is 1. The minimum atomic E-state index is -0.972. The molecule has 188 valence electrons. The van der Waals surface area contributed by atoms with E-state index in [0.29, 0.717) is 17.6 Å². The number of unbranched alkanes of at least 4 members (excludes halogenated alkanes) is 2. The van der Waals surface area contributed by atoms with Crippen LogP contribution in [0.4, 0.5) is 0 Å². The van der Waals surface area contributed by atoms with Crippen LogP contribution < -0.4 is 10.5 Å². The third-order valence-corrected chi connectivity index (χ3v) is 6.67. The first-order valence-electron chi connectivity index (χ1n) is 12.6. The van der Waals surface area contributed by atoms with Crippen LogP contribution in [0.5, 0.6) is 5.75 Å². The minimum Gasteiger partial charge on any atom is -0.482 e. The Labute approximate surface area is 199 Å². The smallest absolute Gasteiger partial charge is 0.341 e. The number of carbonyl (C=O) groups is 1. The molecule has 0 aromatic heterocycles. The van der Waals surface area contributed by atoms with Crippen LogP contribution >= 0.6 is 0 Å². The third-order valence-electron chi connectivity index (χ3n) is 6.67. The molecule has 0 saturated heterocycles. The zero-order valence-corrected chi connectivity index (χ0v) is 20.9. The highest BCUT2D eigenvalue weighted by Gasteiger charge is 2.44. The molecule has 1 aromatic rings. The molecular weight excluding hydrogens is 418 g/mol. The average molecular weight is 464 g/mol. The number of aliphatic hydroxyl groups excluding tert-OH is 2. The van der Waals surface area contributed by atoms with Crippen molar-refractivity contribution in [3.05, 3.63) is 29.3 Å². The van der Waals surface area contributed by atoms with E-state index in [2.05, 4.69) is 13.0 Å². The molecule has 6 nitrogen and oxygen atoms in total. The van der Waals surface area contributed by atoms with Gasteiger partial charge in [-0.15, -0.1) is 0 Å². The maximum atomic E-state index is 10.8. The van der Waals surface area contributed by atoms with Crippen LogP contribution in [0, 0.1) is 17.8 Å². The summed E-state index contributed by atoms with van der Waals surface area (Å²) >= 11 is 0. The largest absolute Gasteiger partial charge is 0.482 e. The van der Waals surface area contributed by atoms with Gasteiger partial charge < -0.3 is 25.8 Å². The van der Waals surface area contributed by atoms with E-state index in [-0.39, 0.29) is 30.3 Å². The molecular formula is C27H45NO5. The quantitative estimate of drug-likeness (QED) is 0.384. The summed E-state index contributed by atoms with van der Waals surface area (Å²) in [6.45, 7) is 7.74. The summed E-state index contributed by atoms with van der Waals surface area (Å²) in [5.74, 6) is 0.768. The molecule has 1 unspecified atom stereocenters. The monoisotopic (exact) mass is 463 g/mol. The lowest BCUT2D eigenvalue weighted by Gasteiger charge is -2.32. The first-order valence-corrected chi connectivity index (χ1v) is 12.6. The van der Waals surface area contributed by atoms with Crippen LogP contribution in [0.25, 0.3) is 0 Å². The predicted octanol–water partition coefficient (Wildman–Crippen LogP) is 4.33. The van der Waals surface area contributed by atoms with Crippen molar-refractivity contribution >= 4 is 5.97 Å². The van der Waals surface area contributed by atoms with E-state index in [1.54, 1.807) is 0 Å². The van der Waals surface area contributed by atoms with E-state index in [4.69, 9.17) is 15.6 Å². The Bertz CT molecular complexity index is 739. The Morgan fingerprint density at radius 2 is 1.91 bits per heavy atom. The van der Waals surface area contributed by atoms with Gasteiger partial charge in [-0.25, -0.2) is 4.79 Å². The molecule has 33 heavy (non-hydrogen) atoms. The van der Waals surface area contributed by atoms with Crippen molar-refractivity contribution in [2.24, 2.45) is 23.5 Å². The van der Waals surface area contributed by atoms with Gasteiger partial charge in [-0.3, -0.25) is 0 Å². The van der Waals surface area contributed by atoms with E-state index >= 15 is 0 Å². The molecule has 0 radical (unpaired) electrons. The fraction of sp³-hybridized carbons (Fsp3) is 0.741. The van der Waals surface area contributed by atoms with E-state index < -0.39 is 5.97 Å². The van der Waals surface area contributed by atoms with Crippen LogP contribution in [0.3, 0.4) is 0 Å². The van der Waals surface area contributed by atoms with Gasteiger partial charge >= 0.3 is 5.97 Å². The highest BCUT2D eigenvalue weighted by Crippen LogP contribution is 2.48. The number of carboxylic acids is 1. The van der Waals surface area contributed by atoms with E-state index in [0.717, 1.165) is 63.4 Å². The maximum absolute atomic E-state index is 10.8. The first kappa shape index (κ1) is 27.6. The van der Waals surface area contributed by atoms with Gasteiger partial charge in [-0.2, -0.15) is 0 Å². The van der Waals surface area contributed by atoms with E-state index in [1.807, 2.05) is 32.9 Å². The molecule has 1 fully saturated rings. The molecule has 0 heterocycles. The van der Waals surface area contributed by atoms with E-state index in [1.165, 1.54) is 5.56 Å². The number of hydrogen-bond acceptors (Lipinski definition) is 5. The Hall–Kier alpha value is -1.63. The molecule has 5 N–H and O–H groups in total. The van der Waals surface area contributed by atoms with Gasteiger partial charge in [0.25, 0.3) is 0 Å². The predicted molar refractivity (Wildman–Crippen MR) is 131 cm³/mol. The lowest BCUT2D eigenvalue weighted by molar-refractivity contribution is -0.139. The van der Waals surface area contributed by atoms with Crippen molar-refractivity contribution in [1.82, 2.24) is 0 Å². The SMILES string of the molecule is CC(C)(C)N.CCCCCC(O)CC[C@@H]1[C@H]2Cc3cccc(OCC(=O)O)c3C[C@H]2C[C@H]1O. The van der Waals surface area contributed by atoms with Crippen molar-refractivity contribution in [2.75, 3.05) is 6.61 Å². The average Bonchev–Trinajstić information content (AvgIpc) is 3.02. The zero-order valence-electron chi connectivity index (χ0n) is 20.9. The molecule has 3 rings (SSSR count). The Morgan fingerprint density at radius 3 is 2.55 bits per heavy atom. The molecule has 6 heteroatoms. The van der Waals surface area contributed by atoms with Crippen molar-refractivity contribution in [1.29, 1.82) is 0 Å². The van der Waals surface area contributed by atoms with Crippen molar-refractivity contribution in [3.63, 3.8) is 0 Å². The van der Waals surface area contributed by atoms with Crippen LogP contribution in [0.2, 0.25) is 0 Å². The van der Waals surface area contributed by atoms with Crippen LogP contribution in [0.15, 0.2) is 18.2 Å². The number of nitrogens with two attached hydrogens (primary N) is 1. The van der Waals surface area contributed by atoms with Crippen molar-refractivity contribution in [2.45, 2.75) is 103 Å². The molecule has 2 aliphatic rings. The second-order valence-electron chi connectivity index (χ2n) is 11.0. The molecule has 0 aliphatic heterocycles. The lowest BCUT2D eigenvalue weighted by atomic mass is 9.73. The number of ether oxygens (including phenoxy) is 1. The number of benzene rings is 1. The topological polar surface area (TPSA) is 113 Å². The molecule has 1 saturated carbocycles. The van der Waals surface area contributed by atoms with Crippen LogP contribution in [0.1, 0.15) is 83.8 Å². The number of fused-ring (bicyclic) bond motifs is 2. The van der Waals surface area contributed by atoms with Gasteiger partial charge in [0.05, 0.1) is 12.2 Å². The van der Waals surface area contributed by atoms with Gasteiger partial charge in [0.2, 0.25) is 0 Å². The summed E-state index contributed by atoms with van der Waals surface area (Å²) in [5, 5.41) is 29.8. The number of aliphatic hydroxyl groups is 2. The molecule has 5 atom stereocenters. The summed E-state index contributed by atoms with van der Waals surface area (Å²) < 4.78 is 5.50. The summed E-state index contributed by atoms with van der Waals surface area (Å²) in [4.78, 5) is 10.8. The van der Waals surface area contributed by atoms with Gasteiger partial charge in [0.15, 0.2) is 6.61 Å². The van der Waals surface area contributed by atoms with Gasteiger partial charge in [0.1, 0.15) is 5.75 Å². The molecule has 0 spiro atoms. The van der Waals surface area contributed by atoms with Gasteiger partial charge in [-0.1, -0.05) is 38.3 Å². The highest BCUT2D eigenvalue weighted by molar-refractivity contribution is 5.68. The summed E-state index contributed by atoms with van der Waals surface area (Å²) in [7, 11) is 0. The number of carboxylic acid groups (broad SMARTS) is 1. The van der Waals surface area contributed by atoms with E-state index in [9.17, 15) is 15.0 Å². The number of hydrogen-bond donors (Lipinski definition) is 4. The zero-order chi connectivity index (χ0) is 24.6. The number of rotatable bonds is 10. The second kappa shape index (κ2) is 12.7. The summed E-state index contributed by atoms with van der Waals surface area (Å²) in [6, 6.07) is 5.87. The summed E-state index contributed by atoms with van der Waals surface area (Å²) in [6.07, 6.45) is 7.85. The fourth-order valence-electron chi connectivity index (χ4n) is 5.24. The minimum absolute atomic E-state index is 0. The Balaban J connectivity index is 0.000000696. The lowest BCUT2D eigenvalue weighted by Crippen LogP contribution is -2.28. The van der Waals surface area contributed by atoms with Gasteiger partial charge in [-0.05, 0) is 94.2 Å². The molecule has 0 amide bonds. The van der Waals surface area contributed by atoms with Crippen LogP contribution in [-0.2, 0) is 17.6 Å². The second-order valence-corrected chi connectivity index (χ2v) is 11.0. The van der Waals surface area contributed by atoms with Crippen LogP contribution in [-0.4, -0.2) is 45.6 Å². The molecule has 0 bridgehead atoms. The fourth-order valence-corrected chi connectivity index (χ4v) is 5.24. The Morgan fingerprint density at radius 1 is 1.21 bits per heavy atom. The normalized spacial score (nSPS) is 24.8. The van der Waals surface area contributed by atoms with Crippen molar-refractivity contribution < 1.29 is 24.9 Å². The Kier molecular flexibility index (Phi) is 10.6.